The fourth-order valence-corrected chi connectivity index (χ4v) is 6.90. The minimum Gasteiger partial charge on any atom is -0.495 e. The maximum Gasteiger partial charge on any atom is 0.328 e. The molecule has 0 spiro atoms. The largest absolute Gasteiger partial charge is 0.495 e. The molecule has 2 amide bonds. The van der Waals surface area contributed by atoms with E-state index in [1.54, 1.807) is 31.5 Å². The summed E-state index contributed by atoms with van der Waals surface area (Å²) in [4.78, 5) is 27.0. The van der Waals surface area contributed by atoms with Gasteiger partial charge in [0.15, 0.2) is 5.16 Å². The molecule has 0 radical (unpaired) electrons. The van der Waals surface area contributed by atoms with Gasteiger partial charge in [-0.15, -0.1) is 0 Å². The Morgan fingerprint density at radius 1 is 1.07 bits per heavy atom. The number of urea groups is 1. The summed E-state index contributed by atoms with van der Waals surface area (Å²) in [5.74, 6) is -0.695. The first-order chi connectivity index (χ1) is 21.2. The molecule has 0 aliphatic carbocycles. The van der Waals surface area contributed by atoms with E-state index in [0.29, 0.717) is 32.9 Å². The van der Waals surface area contributed by atoms with Crippen LogP contribution in [-0.2, 0) is 26.0 Å². The molecule has 15 heteroatoms. The van der Waals surface area contributed by atoms with Crippen LogP contribution in [0.5, 0.6) is 5.75 Å². The topological polar surface area (TPSA) is 140 Å². The van der Waals surface area contributed by atoms with Gasteiger partial charge in [0.25, 0.3) is 10.0 Å². The van der Waals surface area contributed by atoms with Gasteiger partial charge in [0, 0.05) is 28.4 Å². The van der Waals surface area contributed by atoms with Crippen molar-refractivity contribution in [2.75, 3.05) is 13.7 Å². The highest BCUT2D eigenvalue weighted by molar-refractivity contribution is 7.98. The quantitative estimate of drug-likeness (QED) is 0.145. The molecule has 0 unspecified atom stereocenters. The number of carboxylic acid groups (broad SMARTS) is 1. The molecule has 10 nitrogen and oxygen atoms in total. The van der Waals surface area contributed by atoms with Crippen molar-refractivity contribution in [3.63, 3.8) is 0 Å². The van der Waals surface area contributed by atoms with Gasteiger partial charge in [-0.2, -0.15) is 0 Å². The molecular weight excluding hydrogens is 666 g/mol. The number of nitrogens with one attached hydrogen (secondary N) is 2. The first-order valence-electron chi connectivity index (χ1n) is 13.3. The van der Waals surface area contributed by atoms with E-state index in [1.165, 1.54) is 42.1 Å². The number of rotatable bonds is 12. The second-order valence-electron chi connectivity index (χ2n) is 10.3. The van der Waals surface area contributed by atoms with Gasteiger partial charge in [-0.25, -0.2) is 27.3 Å². The summed E-state index contributed by atoms with van der Waals surface area (Å²) < 4.78 is 48.4. The molecule has 0 aliphatic rings. The molecule has 3 N–H and O–H groups in total. The Labute approximate surface area is 274 Å². The van der Waals surface area contributed by atoms with Gasteiger partial charge >= 0.3 is 12.0 Å². The van der Waals surface area contributed by atoms with E-state index in [9.17, 15) is 22.4 Å². The average molecular weight is 696 g/mol. The molecule has 1 heterocycles. The number of carbonyl (C=O) groups is 2. The van der Waals surface area contributed by atoms with Gasteiger partial charge in [0.1, 0.15) is 11.6 Å². The van der Waals surface area contributed by atoms with Crippen molar-refractivity contribution in [1.29, 1.82) is 0 Å². The van der Waals surface area contributed by atoms with Crippen LogP contribution in [0.2, 0.25) is 10.0 Å². The predicted molar refractivity (Wildman–Crippen MR) is 171 cm³/mol. The summed E-state index contributed by atoms with van der Waals surface area (Å²) in [6.07, 6.45) is 1.39. The number of carboxylic acids is 1. The Balaban J connectivity index is 1.60. The smallest absolute Gasteiger partial charge is 0.328 e. The summed E-state index contributed by atoms with van der Waals surface area (Å²) in [6.45, 7) is 3.81. The third kappa shape index (κ3) is 8.09. The number of ether oxygens (including phenoxy) is 1. The average Bonchev–Trinajstić information content (AvgIpc) is 3.41. The van der Waals surface area contributed by atoms with Crippen LogP contribution < -0.4 is 14.8 Å². The second kappa shape index (κ2) is 14.1. The van der Waals surface area contributed by atoms with E-state index < -0.39 is 27.4 Å². The third-order valence-electron chi connectivity index (χ3n) is 6.87. The molecule has 4 aromatic rings. The molecule has 0 saturated heterocycles. The molecule has 0 bridgehead atoms. The molecule has 0 aliphatic heterocycles. The van der Waals surface area contributed by atoms with E-state index in [1.807, 2.05) is 35.3 Å². The lowest BCUT2D eigenvalue weighted by atomic mass is 9.81. The normalized spacial score (nSPS) is 11.7. The van der Waals surface area contributed by atoms with Crippen molar-refractivity contribution in [3.8, 4) is 11.4 Å². The van der Waals surface area contributed by atoms with Crippen LogP contribution in [0.25, 0.3) is 5.69 Å². The Bertz CT molecular complexity index is 1830. The molecule has 1 aromatic heterocycles. The first-order valence-corrected chi connectivity index (χ1v) is 16.6. The number of sulfonamides is 1. The zero-order valence-corrected chi connectivity index (χ0v) is 27.5. The van der Waals surface area contributed by atoms with Crippen molar-refractivity contribution in [3.05, 3.63) is 99.5 Å². The van der Waals surface area contributed by atoms with E-state index >= 15 is 0 Å². The van der Waals surface area contributed by atoms with Gasteiger partial charge in [-0.1, -0.05) is 60.9 Å². The molecule has 238 valence electrons. The van der Waals surface area contributed by atoms with Gasteiger partial charge < -0.3 is 15.2 Å². The first kappa shape index (κ1) is 34.1. The Kier molecular flexibility index (Phi) is 10.7. The van der Waals surface area contributed by atoms with Gasteiger partial charge in [0.05, 0.1) is 35.3 Å². The van der Waals surface area contributed by atoms with Gasteiger partial charge in [-0.3, -0.25) is 9.36 Å². The van der Waals surface area contributed by atoms with Gasteiger partial charge in [0.2, 0.25) is 0 Å². The van der Waals surface area contributed by atoms with E-state index in [0.717, 1.165) is 11.3 Å². The standard InChI is InChI=1S/C30H29Cl2FN4O6S2/c1-30(2,19-5-11-23(31)25(14-19)43-3)26-16-35-29(37(26)21-8-6-20(33)7-9-21)44-17-18-4-10-22(15-24(18)32)45(41,42)36-28(40)34-13-12-27(38)39/h4-11,14-16H,12-13,17H2,1-3H3,(H,38,39)(H2,34,36,40). The van der Waals surface area contributed by atoms with Crippen molar-refractivity contribution < 1.29 is 32.2 Å². The summed E-state index contributed by atoms with van der Waals surface area (Å²) >= 11 is 14.1. The highest BCUT2D eigenvalue weighted by Gasteiger charge is 2.30. The Hall–Kier alpha value is -3.78. The number of aliphatic carboxylic acids is 1. The number of benzene rings is 3. The van der Waals surface area contributed by atoms with E-state index in [2.05, 4.69) is 10.3 Å². The number of hydrogen-bond donors (Lipinski definition) is 3. The number of thioether (sulfide) groups is 1. The fraction of sp³-hybridized carbons (Fsp3) is 0.233. The van der Waals surface area contributed by atoms with Crippen LogP contribution in [0.4, 0.5) is 9.18 Å². The number of halogens is 3. The van der Waals surface area contributed by atoms with E-state index in [-0.39, 0.29) is 28.7 Å². The van der Waals surface area contributed by atoms with Crippen LogP contribution in [0, 0.1) is 5.82 Å². The van der Waals surface area contributed by atoms with Crippen molar-refractivity contribution in [1.82, 2.24) is 19.6 Å². The maximum atomic E-state index is 13.9. The van der Waals surface area contributed by atoms with Gasteiger partial charge in [-0.05, 0) is 59.7 Å². The minimum atomic E-state index is -4.28. The number of methoxy groups -OCH3 is 1. The van der Waals surface area contributed by atoms with Crippen LogP contribution >= 0.6 is 35.0 Å². The lowest BCUT2D eigenvalue weighted by Gasteiger charge is -2.28. The van der Waals surface area contributed by atoms with Crippen molar-refractivity contribution >= 4 is 57.0 Å². The SMILES string of the molecule is COc1cc(C(C)(C)c2cnc(SCc3ccc(S(=O)(=O)NC(=O)NCCC(=O)O)cc3Cl)n2-c2ccc(F)cc2)ccc1Cl. The number of hydrogen-bond acceptors (Lipinski definition) is 7. The number of imidazole rings is 1. The molecular formula is C30H29Cl2FN4O6S2. The Morgan fingerprint density at radius 2 is 1.78 bits per heavy atom. The fourth-order valence-electron chi connectivity index (χ4n) is 4.37. The second-order valence-corrected chi connectivity index (χ2v) is 13.7. The summed E-state index contributed by atoms with van der Waals surface area (Å²) in [5.41, 5.74) is 2.40. The number of amides is 2. The number of nitrogens with zero attached hydrogens (tertiary/aromatic N) is 2. The monoisotopic (exact) mass is 694 g/mol. The Morgan fingerprint density at radius 3 is 2.42 bits per heavy atom. The third-order valence-corrected chi connectivity index (χ3v) is 9.86. The van der Waals surface area contributed by atoms with Crippen LogP contribution in [0.1, 0.15) is 37.1 Å². The highest BCUT2D eigenvalue weighted by atomic mass is 35.5. The zero-order chi connectivity index (χ0) is 32.9. The van der Waals surface area contributed by atoms with Crippen LogP contribution in [-0.4, -0.2) is 48.7 Å². The lowest BCUT2D eigenvalue weighted by Crippen LogP contribution is -2.40. The molecule has 3 aromatic carbocycles. The number of carbonyl (C=O) groups excluding carboxylic acids is 1. The highest BCUT2D eigenvalue weighted by Crippen LogP contribution is 2.39. The summed E-state index contributed by atoms with van der Waals surface area (Å²) in [5, 5.41) is 12.0. The minimum absolute atomic E-state index is 0.144. The summed E-state index contributed by atoms with van der Waals surface area (Å²) in [6, 6.07) is 14.6. The van der Waals surface area contributed by atoms with Crippen molar-refractivity contribution in [2.45, 2.75) is 41.5 Å². The zero-order valence-electron chi connectivity index (χ0n) is 24.3. The van der Waals surface area contributed by atoms with Crippen LogP contribution in [0.15, 0.2) is 76.9 Å². The predicted octanol–water partition coefficient (Wildman–Crippen LogP) is 6.41. The number of aromatic nitrogens is 2. The van der Waals surface area contributed by atoms with E-state index in [4.69, 9.17) is 33.0 Å². The molecule has 0 atom stereocenters. The van der Waals surface area contributed by atoms with Crippen molar-refractivity contribution in [2.24, 2.45) is 0 Å². The maximum absolute atomic E-state index is 13.9. The summed E-state index contributed by atoms with van der Waals surface area (Å²) in [7, 11) is -2.73. The molecule has 45 heavy (non-hydrogen) atoms. The molecule has 4 rings (SSSR count). The lowest BCUT2D eigenvalue weighted by molar-refractivity contribution is -0.136. The molecule has 0 fully saturated rings. The molecule has 0 saturated carbocycles. The van der Waals surface area contributed by atoms with Crippen LogP contribution in [0.3, 0.4) is 0 Å².